The number of hydrogen-bond donors (Lipinski definition) is 0. The third-order valence-corrected chi connectivity index (χ3v) is 8.76. The van der Waals surface area contributed by atoms with E-state index in [2.05, 4.69) is 24.0 Å². The van der Waals surface area contributed by atoms with E-state index in [9.17, 15) is 4.79 Å². The van der Waals surface area contributed by atoms with Gasteiger partial charge in [-0.05, 0) is 80.6 Å². The molecule has 2 aromatic heterocycles. The summed E-state index contributed by atoms with van der Waals surface area (Å²) in [5.41, 5.74) is 4.05. The average molecular weight is 521 g/mol. The number of rotatable bonds is 6. The topological polar surface area (TPSA) is 77.4 Å². The summed E-state index contributed by atoms with van der Waals surface area (Å²) in [5.74, 6) is 2.69. The molecule has 0 bridgehead atoms. The van der Waals surface area contributed by atoms with E-state index in [1.54, 1.807) is 24.5 Å². The van der Waals surface area contributed by atoms with Crippen molar-refractivity contribution >= 4 is 40.6 Å². The van der Waals surface area contributed by atoms with Gasteiger partial charge in [-0.25, -0.2) is 0 Å². The van der Waals surface area contributed by atoms with Gasteiger partial charge in [0.1, 0.15) is 17.1 Å². The molecule has 6 nitrogen and oxygen atoms in total. The van der Waals surface area contributed by atoms with Crippen molar-refractivity contribution in [2.24, 2.45) is 0 Å². The van der Waals surface area contributed by atoms with E-state index in [1.807, 2.05) is 28.4 Å². The molecule has 192 valence electrons. The van der Waals surface area contributed by atoms with Gasteiger partial charge in [0, 0.05) is 41.1 Å². The Balaban J connectivity index is 0.00000171. The fraction of sp³-hybridized carbons (Fsp3) is 0.519. The summed E-state index contributed by atoms with van der Waals surface area (Å²) >= 11 is 1.95. The molecule has 0 unspecified atom stereocenters. The highest BCUT2D eigenvalue weighted by atomic mass is 35.5. The van der Waals surface area contributed by atoms with Gasteiger partial charge in [-0.2, -0.15) is 0 Å². The first-order valence-electron chi connectivity index (χ1n) is 12.2. The monoisotopic (exact) mass is 520 g/mol. The number of hydrogen-bond acceptors (Lipinski definition) is 5. The second kappa shape index (κ2) is 11.8. The number of fused-ring (bicyclic) bond motifs is 2. The van der Waals surface area contributed by atoms with Gasteiger partial charge >= 0.3 is 0 Å². The molecule has 2 aliphatic rings. The zero-order valence-corrected chi connectivity index (χ0v) is 22.5. The first kappa shape index (κ1) is 27.5. The van der Waals surface area contributed by atoms with E-state index >= 15 is 0 Å². The Morgan fingerprint density at radius 2 is 1.97 bits per heavy atom. The predicted molar refractivity (Wildman–Crippen MR) is 144 cm³/mol. The minimum atomic E-state index is 0. The third-order valence-electron chi connectivity index (χ3n) is 7.44. The first-order chi connectivity index (χ1) is 16.1. The SMILES string of the molecule is CCc1c(CCN2CCC(c3cc4cc(OC)ccc4o3)CC2)sc2c1CCN(C(C)=O)C2.Cl.O. The summed E-state index contributed by atoms with van der Waals surface area (Å²) in [4.78, 5) is 19.4. The molecule has 4 heterocycles. The van der Waals surface area contributed by atoms with Gasteiger partial charge in [0.2, 0.25) is 5.91 Å². The van der Waals surface area contributed by atoms with Gasteiger partial charge in [-0.15, -0.1) is 23.7 Å². The molecule has 2 aliphatic heterocycles. The van der Waals surface area contributed by atoms with E-state index in [4.69, 9.17) is 9.15 Å². The molecule has 8 heteroatoms. The molecule has 0 atom stereocenters. The number of ether oxygens (including phenoxy) is 1. The van der Waals surface area contributed by atoms with E-state index in [0.29, 0.717) is 5.92 Å². The van der Waals surface area contributed by atoms with Gasteiger partial charge in [-0.3, -0.25) is 4.79 Å². The fourth-order valence-corrected chi connectivity index (χ4v) is 6.93. The van der Waals surface area contributed by atoms with Crippen molar-refractivity contribution in [1.29, 1.82) is 0 Å². The van der Waals surface area contributed by atoms with Crippen LogP contribution < -0.4 is 4.74 Å². The van der Waals surface area contributed by atoms with Crippen LogP contribution in [-0.2, 0) is 30.6 Å². The number of likely N-dealkylation sites (tertiary alicyclic amines) is 1. The second-order valence-electron chi connectivity index (χ2n) is 9.37. The van der Waals surface area contributed by atoms with Crippen molar-refractivity contribution in [2.75, 3.05) is 33.3 Å². The lowest BCUT2D eigenvalue weighted by molar-refractivity contribution is -0.129. The number of piperidine rings is 1. The number of amides is 1. The highest BCUT2D eigenvalue weighted by molar-refractivity contribution is 7.12. The molecule has 0 aliphatic carbocycles. The van der Waals surface area contributed by atoms with Crippen LogP contribution in [-0.4, -0.2) is 54.5 Å². The molecule has 3 aromatic rings. The molecule has 5 rings (SSSR count). The Kier molecular flexibility index (Phi) is 9.27. The maximum absolute atomic E-state index is 11.8. The average Bonchev–Trinajstić information content (AvgIpc) is 3.42. The van der Waals surface area contributed by atoms with Crippen molar-refractivity contribution < 1.29 is 19.4 Å². The Morgan fingerprint density at radius 1 is 1.20 bits per heavy atom. The van der Waals surface area contributed by atoms with Crippen LogP contribution in [0.2, 0.25) is 0 Å². The van der Waals surface area contributed by atoms with E-state index in [1.165, 1.54) is 10.4 Å². The summed E-state index contributed by atoms with van der Waals surface area (Å²) in [5, 5.41) is 1.13. The maximum Gasteiger partial charge on any atom is 0.219 e. The Labute approximate surface area is 217 Å². The normalized spacial score (nSPS) is 16.5. The lowest BCUT2D eigenvalue weighted by Gasteiger charge is -2.31. The number of nitrogens with zero attached hydrogens (tertiary/aromatic N) is 2. The highest BCUT2D eigenvalue weighted by Gasteiger charge is 2.26. The van der Waals surface area contributed by atoms with Gasteiger partial charge in [0.15, 0.2) is 0 Å². The smallest absolute Gasteiger partial charge is 0.219 e. The lowest BCUT2D eigenvalue weighted by atomic mass is 9.94. The number of benzene rings is 1. The van der Waals surface area contributed by atoms with Gasteiger partial charge in [0.25, 0.3) is 0 Å². The van der Waals surface area contributed by atoms with Crippen molar-refractivity contribution in [3.63, 3.8) is 0 Å². The van der Waals surface area contributed by atoms with Crippen LogP contribution in [0.5, 0.6) is 5.75 Å². The van der Waals surface area contributed by atoms with Crippen LogP contribution in [0.3, 0.4) is 0 Å². The zero-order valence-electron chi connectivity index (χ0n) is 20.9. The minimum absolute atomic E-state index is 0. The highest BCUT2D eigenvalue weighted by Crippen LogP contribution is 2.36. The van der Waals surface area contributed by atoms with Crippen LogP contribution in [0.4, 0.5) is 0 Å². The molecule has 1 fully saturated rings. The van der Waals surface area contributed by atoms with Crippen molar-refractivity contribution in [2.45, 2.75) is 58.4 Å². The molecule has 1 aromatic carbocycles. The van der Waals surface area contributed by atoms with Crippen molar-refractivity contribution in [3.05, 3.63) is 50.9 Å². The number of methoxy groups -OCH3 is 1. The van der Waals surface area contributed by atoms with Crippen LogP contribution in [0, 0.1) is 0 Å². The van der Waals surface area contributed by atoms with Crippen LogP contribution >= 0.6 is 23.7 Å². The maximum atomic E-state index is 11.8. The molecule has 1 amide bonds. The summed E-state index contributed by atoms with van der Waals surface area (Å²) in [6.07, 6.45) is 5.53. The molecule has 35 heavy (non-hydrogen) atoms. The van der Waals surface area contributed by atoms with E-state index < -0.39 is 0 Å². The van der Waals surface area contributed by atoms with Crippen LogP contribution in [0.25, 0.3) is 11.0 Å². The van der Waals surface area contributed by atoms with Crippen molar-refractivity contribution in [1.82, 2.24) is 9.80 Å². The van der Waals surface area contributed by atoms with Crippen LogP contribution in [0.15, 0.2) is 28.7 Å². The molecule has 1 saturated heterocycles. The number of carbonyl (C=O) groups is 1. The van der Waals surface area contributed by atoms with Crippen molar-refractivity contribution in [3.8, 4) is 5.75 Å². The standard InChI is InChI=1S/C27H34N2O3S.ClH.H2O/c1-4-22-23-9-14-29(18(2)30)17-27(23)33-26(22)10-13-28-11-7-19(8-12-28)25-16-20-15-21(31-3)5-6-24(20)32-25;;/h5-6,15-16,19H,4,7-14,17H2,1-3H3;1H;1H2. The van der Waals surface area contributed by atoms with Gasteiger partial charge in [0.05, 0.1) is 13.7 Å². The summed E-state index contributed by atoms with van der Waals surface area (Å²) in [6, 6.07) is 8.22. The molecule has 0 spiro atoms. The fourth-order valence-electron chi connectivity index (χ4n) is 5.48. The lowest BCUT2D eigenvalue weighted by Crippen LogP contribution is -2.34. The molecular formula is C27H37ClN2O4S. The Hall–Kier alpha value is -2.06. The largest absolute Gasteiger partial charge is 0.497 e. The minimum Gasteiger partial charge on any atom is -0.497 e. The number of halogens is 1. The quantitative estimate of drug-likeness (QED) is 0.458. The van der Waals surface area contributed by atoms with Crippen LogP contribution in [0.1, 0.15) is 59.2 Å². The summed E-state index contributed by atoms with van der Waals surface area (Å²) in [6.45, 7) is 8.99. The molecule has 0 radical (unpaired) electrons. The number of thiophene rings is 1. The molecule has 2 N–H and O–H groups in total. The summed E-state index contributed by atoms with van der Waals surface area (Å²) in [7, 11) is 1.70. The second-order valence-corrected chi connectivity index (χ2v) is 10.6. The molecular weight excluding hydrogens is 484 g/mol. The Bertz CT molecular complexity index is 1150. The Morgan fingerprint density at radius 3 is 2.66 bits per heavy atom. The number of carbonyl (C=O) groups excluding carboxylic acids is 1. The molecule has 0 saturated carbocycles. The van der Waals surface area contributed by atoms with Gasteiger partial charge < -0.3 is 24.4 Å². The van der Waals surface area contributed by atoms with E-state index in [0.717, 1.165) is 87.3 Å². The van der Waals surface area contributed by atoms with Gasteiger partial charge in [-0.1, -0.05) is 6.92 Å². The number of furan rings is 1. The van der Waals surface area contributed by atoms with E-state index in [-0.39, 0.29) is 23.8 Å². The predicted octanol–water partition coefficient (Wildman–Crippen LogP) is 4.99. The zero-order chi connectivity index (χ0) is 22.9. The summed E-state index contributed by atoms with van der Waals surface area (Å²) < 4.78 is 11.5. The third kappa shape index (κ3) is 5.69. The first-order valence-corrected chi connectivity index (χ1v) is 13.0.